The van der Waals surface area contributed by atoms with Crippen LogP contribution in [0.4, 0.5) is 19.1 Å². The van der Waals surface area contributed by atoms with Crippen molar-refractivity contribution in [2.24, 2.45) is 0 Å². The first-order valence-electron chi connectivity index (χ1n) is 11.1. The van der Waals surface area contributed by atoms with Gasteiger partial charge in [-0.05, 0) is 39.2 Å². The van der Waals surface area contributed by atoms with E-state index in [1.54, 1.807) is 6.07 Å². The largest absolute Gasteiger partial charge is 0.419 e. The van der Waals surface area contributed by atoms with E-state index in [2.05, 4.69) is 44.4 Å². The summed E-state index contributed by atoms with van der Waals surface area (Å²) >= 11 is 0. The van der Waals surface area contributed by atoms with Crippen LogP contribution in [0.2, 0.25) is 0 Å². The van der Waals surface area contributed by atoms with Gasteiger partial charge in [-0.2, -0.15) is 13.2 Å². The molecule has 0 aliphatic carbocycles. The van der Waals surface area contributed by atoms with E-state index in [0.29, 0.717) is 40.8 Å². The Morgan fingerprint density at radius 2 is 2.03 bits per heavy atom. The molecule has 0 bridgehead atoms. The van der Waals surface area contributed by atoms with Crippen LogP contribution in [0.25, 0.3) is 22.2 Å². The Hall–Kier alpha value is -2.45. The van der Waals surface area contributed by atoms with E-state index in [4.69, 9.17) is 0 Å². The normalized spacial score (nSPS) is 22.2. The van der Waals surface area contributed by atoms with Crippen LogP contribution in [0.3, 0.4) is 0 Å². The Bertz CT molecular complexity index is 1240. The fraction of sp³-hybridized carbons (Fsp3) is 0.500. The molecule has 3 aromatic rings. The molecule has 2 aliphatic heterocycles. The fourth-order valence-corrected chi connectivity index (χ4v) is 6.68. The molecule has 2 fully saturated rings. The Balaban J connectivity index is 1.55. The smallest absolute Gasteiger partial charge is 0.359 e. The minimum absolute atomic E-state index is 0.0186. The SMILES string of the molecule is CC1(C)CC[C@H](Nc2ncc(C(F)(F)F)c(-c3c[nH]c4c(P5(=O)CCC5)nccc34)n2)CN1. The summed E-state index contributed by atoms with van der Waals surface area (Å²) in [5.74, 6) is 0.153. The molecule has 3 aromatic heterocycles. The number of aromatic nitrogens is 4. The lowest BCUT2D eigenvalue weighted by Crippen LogP contribution is -2.50. The van der Waals surface area contributed by atoms with E-state index in [-0.39, 0.29) is 23.2 Å². The highest BCUT2D eigenvalue weighted by molar-refractivity contribution is 7.73. The standard InChI is InChI=1S/C22H26F3N6OP/c1-21(2)6-4-13(10-29-21)30-20-28-12-16(22(23,24)25)17(31-20)15-11-27-18-14(15)5-7-26-19(18)33(32)8-3-9-33/h5,7,11-13,27,29H,3-4,6,8-10H2,1-2H3,(H,28,30,31)/t13-/m0/s1. The quantitative estimate of drug-likeness (QED) is 0.482. The molecule has 2 aliphatic rings. The predicted molar refractivity (Wildman–Crippen MR) is 122 cm³/mol. The number of anilines is 1. The van der Waals surface area contributed by atoms with Gasteiger partial charge in [-0.1, -0.05) is 0 Å². The Labute approximate surface area is 189 Å². The lowest BCUT2D eigenvalue weighted by molar-refractivity contribution is -0.137. The number of pyridine rings is 1. The molecule has 2 saturated heterocycles. The van der Waals surface area contributed by atoms with Crippen LogP contribution in [-0.4, -0.2) is 50.4 Å². The molecule has 0 saturated carbocycles. The molecule has 0 amide bonds. The predicted octanol–water partition coefficient (Wildman–Crippen LogP) is 4.37. The number of hydrogen-bond donors (Lipinski definition) is 3. The van der Waals surface area contributed by atoms with E-state index >= 15 is 0 Å². The number of alkyl halides is 3. The van der Waals surface area contributed by atoms with Gasteiger partial charge in [0.15, 0.2) is 0 Å². The first kappa shape index (κ1) is 22.3. The highest BCUT2D eigenvalue weighted by Gasteiger charge is 2.38. The molecule has 1 atom stereocenters. The Morgan fingerprint density at radius 3 is 2.67 bits per heavy atom. The Morgan fingerprint density at radius 1 is 1.24 bits per heavy atom. The van der Waals surface area contributed by atoms with Crippen molar-refractivity contribution in [1.29, 1.82) is 0 Å². The summed E-state index contributed by atoms with van der Waals surface area (Å²) < 4.78 is 54.7. The summed E-state index contributed by atoms with van der Waals surface area (Å²) in [7, 11) is -2.57. The molecular weight excluding hydrogens is 452 g/mol. The van der Waals surface area contributed by atoms with Crippen LogP contribution < -0.4 is 16.1 Å². The Kier molecular flexibility index (Phi) is 5.29. The molecule has 0 aromatic carbocycles. The van der Waals surface area contributed by atoms with E-state index in [1.165, 1.54) is 12.4 Å². The lowest BCUT2D eigenvalue weighted by Gasteiger charge is -2.36. The van der Waals surface area contributed by atoms with Gasteiger partial charge in [-0.25, -0.2) is 9.97 Å². The average Bonchev–Trinajstić information content (AvgIpc) is 3.17. The van der Waals surface area contributed by atoms with Crippen LogP contribution in [0.5, 0.6) is 0 Å². The van der Waals surface area contributed by atoms with Crippen molar-refractivity contribution in [2.75, 3.05) is 24.2 Å². The highest BCUT2D eigenvalue weighted by atomic mass is 31.2. The van der Waals surface area contributed by atoms with Crippen molar-refractivity contribution in [1.82, 2.24) is 25.3 Å². The van der Waals surface area contributed by atoms with E-state index < -0.39 is 18.9 Å². The zero-order valence-corrected chi connectivity index (χ0v) is 19.4. The number of fused-ring (bicyclic) bond motifs is 1. The number of hydrogen-bond acceptors (Lipinski definition) is 6. The number of nitrogens with one attached hydrogen (secondary N) is 3. The summed E-state index contributed by atoms with van der Waals surface area (Å²) in [6.07, 6.45) is 3.03. The summed E-state index contributed by atoms with van der Waals surface area (Å²) in [4.78, 5) is 15.6. The van der Waals surface area contributed by atoms with Crippen molar-refractivity contribution < 1.29 is 17.7 Å². The maximum Gasteiger partial charge on any atom is 0.419 e. The molecule has 5 rings (SSSR count). The van der Waals surface area contributed by atoms with Gasteiger partial charge in [-0.15, -0.1) is 0 Å². The fourth-order valence-electron chi connectivity index (χ4n) is 4.50. The van der Waals surface area contributed by atoms with Gasteiger partial charge in [0.25, 0.3) is 0 Å². The number of halogens is 3. The number of piperidine rings is 1. The summed E-state index contributed by atoms with van der Waals surface area (Å²) in [5.41, 5.74) is 0.193. The molecule has 176 valence electrons. The van der Waals surface area contributed by atoms with Crippen molar-refractivity contribution in [3.8, 4) is 11.3 Å². The maximum absolute atomic E-state index is 13.9. The molecule has 11 heteroatoms. The summed E-state index contributed by atoms with van der Waals surface area (Å²) in [6.45, 7) is 4.91. The van der Waals surface area contributed by atoms with E-state index in [1.807, 2.05) is 0 Å². The average molecular weight is 478 g/mol. The van der Waals surface area contributed by atoms with Gasteiger partial charge in [0.2, 0.25) is 5.95 Å². The zero-order chi connectivity index (χ0) is 23.4. The molecule has 3 N–H and O–H groups in total. The molecule has 33 heavy (non-hydrogen) atoms. The maximum atomic E-state index is 13.9. The minimum atomic E-state index is -4.62. The molecule has 5 heterocycles. The van der Waals surface area contributed by atoms with Crippen molar-refractivity contribution in [2.45, 2.75) is 50.9 Å². The second kappa shape index (κ2) is 7.81. The van der Waals surface area contributed by atoms with Crippen molar-refractivity contribution in [3.05, 3.63) is 30.2 Å². The van der Waals surface area contributed by atoms with E-state index in [9.17, 15) is 17.7 Å². The molecule has 0 radical (unpaired) electrons. The molecule has 0 unspecified atom stereocenters. The second-order valence-electron chi connectivity index (χ2n) is 9.55. The number of rotatable bonds is 4. The van der Waals surface area contributed by atoms with Crippen LogP contribution in [0, 0.1) is 0 Å². The first-order valence-corrected chi connectivity index (χ1v) is 13.1. The zero-order valence-electron chi connectivity index (χ0n) is 18.5. The van der Waals surface area contributed by atoms with Gasteiger partial charge < -0.3 is 20.2 Å². The third-order valence-electron chi connectivity index (χ3n) is 6.63. The van der Waals surface area contributed by atoms with Gasteiger partial charge >= 0.3 is 6.18 Å². The third-order valence-corrected chi connectivity index (χ3v) is 9.82. The van der Waals surface area contributed by atoms with Crippen LogP contribution >= 0.6 is 7.14 Å². The van der Waals surface area contributed by atoms with Crippen molar-refractivity contribution in [3.63, 3.8) is 0 Å². The first-order chi connectivity index (χ1) is 15.6. The lowest BCUT2D eigenvalue weighted by atomic mass is 9.91. The van der Waals surface area contributed by atoms with E-state index in [0.717, 1.165) is 25.5 Å². The highest BCUT2D eigenvalue weighted by Crippen LogP contribution is 2.54. The topological polar surface area (TPSA) is 95.6 Å². The van der Waals surface area contributed by atoms with Gasteiger partial charge in [0.1, 0.15) is 18.1 Å². The van der Waals surface area contributed by atoms with Crippen LogP contribution in [0.15, 0.2) is 24.7 Å². The van der Waals surface area contributed by atoms with Gasteiger partial charge in [-0.3, -0.25) is 4.98 Å². The molecule has 0 spiro atoms. The van der Waals surface area contributed by atoms with Crippen LogP contribution in [0.1, 0.15) is 38.7 Å². The molecular formula is C22H26F3N6OP. The number of aromatic amines is 1. The van der Waals surface area contributed by atoms with Crippen molar-refractivity contribution >= 4 is 29.4 Å². The summed E-state index contributed by atoms with van der Waals surface area (Å²) in [6, 6.07) is 1.66. The number of H-pyrrole nitrogens is 1. The number of nitrogens with zero attached hydrogens (tertiary/aromatic N) is 3. The third kappa shape index (κ3) is 4.15. The van der Waals surface area contributed by atoms with Crippen LogP contribution in [-0.2, 0) is 10.7 Å². The van der Waals surface area contributed by atoms with Gasteiger partial charge in [0, 0.05) is 60.0 Å². The second-order valence-corrected chi connectivity index (χ2v) is 12.6. The monoisotopic (exact) mass is 478 g/mol. The minimum Gasteiger partial charge on any atom is -0.359 e. The summed E-state index contributed by atoms with van der Waals surface area (Å²) in [5, 5.41) is 7.13. The van der Waals surface area contributed by atoms with Gasteiger partial charge in [0.05, 0.1) is 11.2 Å². The molecule has 7 nitrogen and oxygen atoms in total.